The molecular formula is C17H21NO3S. The molecule has 2 aromatic carbocycles. The zero-order valence-electron chi connectivity index (χ0n) is 13.3. The molecule has 0 fully saturated rings. The highest BCUT2D eigenvalue weighted by molar-refractivity contribution is 7.89. The van der Waals surface area contributed by atoms with Crippen LogP contribution in [0.15, 0.2) is 47.4 Å². The van der Waals surface area contributed by atoms with Crippen LogP contribution in [-0.2, 0) is 10.0 Å². The molecule has 2 rings (SSSR count). The topological polar surface area (TPSA) is 55.4 Å². The number of benzene rings is 2. The summed E-state index contributed by atoms with van der Waals surface area (Å²) in [7, 11) is -1.95. The second-order valence-electron chi connectivity index (χ2n) is 5.36. The molecule has 0 bridgehead atoms. The average molecular weight is 319 g/mol. The fourth-order valence-corrected chi connectivity index (χ4v) is 3.46. The number of sulfonamides is 1. The zero-order chi connectivity index (χ0) is 16.3. The first kappa shape index (κ1) is 16.5. The largest absolute Gasteiger partial charge is 0.497 e. The summed E-state index contributed by atoms with van der Waals surface area (Å²) in [4.78, 5) is 0.288. The summed E-state index contributed by atoms with van der Waals surface area (Å²) < 4.78 is 32.7. The lowest BCUT2D eigenvalue weighted by atomic mass is 10.1. The number of rotatable bonds is 5. The normalized spacial score (nSPS) is 12.9. The van der Waals surface area contributed by atoms with Crippen LogP contribution in [0, 0.1) is 13.8 Å². The van der Waals surface area contributed by atoms with Gasteiger partial charge in [0.25, 0.3) is 0 Å². The number of aryl methyl sites for hydroxylation is 2. The van der Waals surface area contributed by atoms with Crippen molar-refractivity contribution >= 4 is 10.0 Å². The number of hydrogen-bond donors (Lipinski definition) is 1. The molecular weight excluding hydrogens is 298 g/mol. The molecule has 4 nitrogen and oxygen atoms in total. The average Bonchev–Trinajstić information content (AvgIpc) is 2.49. The maximum absolute atomic E-state index is 12.5. The van der Waals surface area contributed by atoms with Crippen LogP contribution in [0.5, 0.6) is 5.75 Å². The smallest absolute Gasteiger partial charge is 0.241 e. The van der Waals surface area contributed by atoms with Crippen LogP contribution in [0.3, 0.4) is 0 Å². The van der Waals surface area contributed by atoms with Gasteiger partial charge in [0.1, 0.15) is 5.75 Å². The second kappa shape index (κ2) is 6.50. The molecule has 0 amide bonds. The Hall–Kier alpha value is -1.85. The van der Waals surface area contributed by atoms with Gasteiger partial charge in [-0.25, -0.2) is 13.1 Å². The van der Waals surface area contributed by atoms with Crippen molar-refractivity contribution in [3.8, 4) is 5.75 Å². The van der Waals surface area contributed by atoms with E-state index in [1.165, 1.54) is 0 Å². The van der Waals surface area contributed by atoms with Crippen LogP contribution >= 0.6 is 0 Å². The van der Waals surface area contributed by atoms with Gasteiger partial charge in [-0.05, 0) is 61.7 Å². The molecule has 1 unspecified atom stereocenters. The Morgan fingerprint density at radius 2 is 1.64 bits per heavy atom. The van der Waals surface area contributed by atoms with E-state index in [4.69, 9.17) is 4.74 Å². The van der Waals surface area contributed by atoms with Gasteiger partial charge >= 0.3 is 0 Å². The maximum Gasteiger partial charge on any atom is 0.241 e. The van der Waals surface area contributed by atoms with Crippen LogP contribution in [0.1, 0.15) is 29.7 Å². The summed E-state index contributed by atoms with van der Waals surface area (Å²) in [6, 6.07) is 12.2. The molecule has 0 aliphatic heterocycles. The molecule has 0 aromatic heterocycles. The lowest BCUT2D eigenvalue weighted by Crippen LogP contribution is -2.27. The van der Waals surface area contributed by atoms with Crippen LogP contribution in [-0.4, -0.2) is 15.5 Å². The molecule has 0 aliphatic rings. The van der Waals surface area contributed by atoms with Gasteiger partial charge in [-0.2, -0.15) is 0 Å². The van der Waals surface area contributed by atoms with Gasteiger partial charge in [-0.15, -0.1) is 0 Å². The maximum atomic E-state index is 12.5. The Balaban J connectivity index is 2.21. The number of ether oxygens (including phenoxy) is 1. The summed E-state index contributed by atoms with van der Waals surface area (Å²) >= 11 is 0. The van der Waals surface area contributed by atoms with Crippen molar-refractivity contribution in [2.75, 3.05) is 7.11 Å². The van der Waals surface area contributed by atoms with Crippen LogP contribution in [0.4, 0.5) is 0 Å². The highest BCUT2D eigenvalue weighted by Gasteiger charge is 2.18. The first-order chi connectivity index (χ1) is 10.3. The molecule has 5 heteroatoms. The van der Waals surface area contributed by atoms with Crippen molar-refractivity contribution in [3.63, 3.8) is 0 Å². The van der Waals surface area contributed by atoms with E-state index in [2.05, 4.69) is 4.72 Å². The highest BCUT2D eigenvalue weighted by Crippen LogP contribution is 2.21. The van der Waals surface area contributed by atoms with Crippen molar-refractivity contribution in [1.29, 1.82) is 0 Å². The van der Waals surface area contributed by atoms with Gasteiger partial charge < -0.3 is 4.74 Å². The second-order valence-corrected chi connectivity index (χ2v) is 7.08. The number of methoxy groups -OCH3 is 1. The van der Waals surface area contributed by atoms with Gasteiger partial charge in [0.05, 0.1) is 12.0 Å². The molecule has 1 N–H and O–H groups in total. The third-order valence-corrected chi connectivity index (χ3v) is 5.27. The lowest BCUT2D eigenvalue weighted by molar-refractivity contribution is 0.414. The third-order valence-electron chi connectivity index (χ3n) is 3.74. The van der Waals surface area contributed by atoms with Gasteiger partial charge in [0.15, 0.2) is 0 Å². The van der Waals surface area contributed by atoms with Crippen molar-refractivity contribution in [2.45, 2.75) is 31.7 Å². The molecule has 0 radical (unpaired) electrons. The predicted molar refractivity (Wildman–Crippen MR) is 87.6 cm³/mol. The lowest BCUT2D eigenvalue weighted by Gasteiger charge is -2.15. The number of hydrogen-bond acceptors (Lipinski definition) is 3. The summed E-state index contributed by atoms with van der Waals surface area (Å²) in [5.41, 5.74) is 2.91. The summed E-state index contributed by atoms with van der Waals surface area (Å²) in [6.07, 6.45) is 0. The molecule has 2 aromatic rings. The molecule has 1 atom stereocenters. The van der Waals surface area contributed by atoms with E-state index in [1.54, 1.807) is 19.2 Å². The summed E-state index contributed by atoms with van der Waals surface area (Å²) in [5, 5.41) is 0. The Morgan fingerprint density at radius 3 is 2.18 bits per heavy atom. The summed E-state index contributed by atoms with van der Waals surface area (Å²) in [5.74, 6) is 0.743. The van der Waals surface area contributed by atoms with E-state index in [1.807, 2.05) is 51.1 Å². The van der Waals surface area contributed by atoms with Crippen molar-refractivity contribution in [2.24, 2.45) is 0 Å². The van der Waals surface area contributed by atoms with E-state index in [0.29, 0.717) is 0 Å². The molecule has 0 saturated heterocycles. The van der Waals surface area contributed by atoms with E-state index in [0.717, 1.165) is 22.4 Å². The fourth-order valence-electron chi connectivity index (χ4n) is 2.14. The Kier molecular flexibility index (Phi) is 4.88. The van der Waals surface area contributed by atoms with Crippen LogP contribution in [0.25, 0.3) is 0 Å². The van der Waals surface area contributed by atoms with E-state index >= 15 is 0 Å². The van der Waals surface area contributed by atoms with Gasteiger partial charge in [0.2, 0.25) is 10.0 Å². The minimum Gasteiger partial charge on any atom is -0.497 e. The van der Waals surface area contributed by atoms with Crippen LogP contribution < -0.4 is 9.46 Å². The van der Waals surface area contributed by atoms with Crippen molar-refractivity contribution in [1.82, 2.24) is 4.72 Å². The Morgan fingerprint density at radius 1 is 1.00 bits per heavy atom. The minimum atomic E-state index is -3.54. The Labute approximate surface area is 132 Å². The van der Waals surface area contributed by atoms with E-state index in [9.17, 15) is 8.42 Å². The van der Waals surface area contributed by atoms with Gasteiger partial charge in [-0.1, -0.05) is 18.2 Å². The van der Waals surface area contributed by atoms with Gasteiger partial charge in [-0.3, -0.25) is 0 Å². The van der Waals surface area contributed by atoms with Crippen LogP contribution in [0.2, 0.25) is 0 Å². The molecule has 0 spiro atoms. The Bertz CT molecular complexity index is 752. The minimum absolute atomic E-state index is 0.288. The fraction of sp³-hybridized carbons (Fsp3) is 0.294. The quantitative estimate of drug-likeness (QED) is 0.919. The molecule has 22 heavy (non-hydrogen) atoms. The molecule has 0 heterocycles. The SMILES string of the molecule is COc1ccc(C(C)NS(=O)(=O)c2ccc(C)c(C)c2)cc1. The monoisotopic (exact) mass is 319 g/mol. The molecule has 0 saturated carbocycles. The predicted octanol–water partition coefficient (Wildman–Crippen LogP) is 3.35. The highest BCUT2D eigenvalue weighted by atomic mass is 32.2. The van der Waals surface area contributed by atoms with Crippen molar-refractivity contribution in [3.05, 3.63) is 59.2 Å². The third kappa shape index (κ3) is 3.67. The van der Waals surface area contributed by atoms with E-state index < -0.39 is 10.0 Å². The number of nitrogens with one attached hydrogen (secondary N) is 1. The van der Waals surface area contributed by atoms with Crippen molar-refractivity contribution < 1.29 is 13.2 Å². The van der Waals surface area contributed by atoms with Gasteiger partial charge in [0, 0.05) is 6.04 Å². The standard InChI is InChI=1S/C17H21NO3S/c1-12-5-10-17(11-13(12)2)22(19,20)18-14(3)15-6-8-16(21-4)9-7-15/h5-11,14,18H,1-4H3. The summed E-state index contributed by atoms with van der Waals surface area (Å²) in [6.45, 7) is 5.68. The molecule has 118 valence electrons. The van der Waals surface area contributed by atoms with E-state index in [-0.39, 0.29) is 10.9 Å². The first-order valence-electron chi connectivity index (χ1n) is 7.07. The first-order valence-corrected chi connectivity index (χ1v) is 8.55. The zero-order valence-corrected chi connectivity index (χ0v) is 14.1. The molecule has 0 aliphatic carbocycles.